The van der Waals surface area contributed by atoms with Gasteiger partial charge in [-0.3, -0.25) is 4.79 Å². The molecular formula is C23H32O3. The van der Waals surface area contributed by atoms with Gasteiger partial charge in [0.05, 0.1) is 13.2 Å². The van der Waals surface area contributed by atoms with Crippen LogP contribution < -0.4 is 0 Å². The summed E-state index contributed by atoms with van der Waals surface area (Å²) >= 11 is 0. The first kappa shape index (κ1) is 20.6. The number of rotatable bonds is 5. The number of ketones is 1. The molecule has 1 saturated heterocycles. The minimum Gasteiger partial charge on any atom is -0.348 e. The zero-order valence-corrected chi connectivity index (χ0v) is 16.8. The fraction of sp³-hybridized carbons (Fsp3) is 0.522. The van der Waals surface area contributed by atoms with Crippen LogP contribution in [0.2, 0.25) is 0 Å². The number of Topliss-reactive ketones (excluding diaryl/α,β-unsaturated/α-hetero) is 1. The van der Waals surface area contributed by atoms with Gasteiger partial charge in [-0.15, -0.1) is 0 Å². The first-order valence-corrected chi connectivity index (χ1v) is 9.44. The third-order valence-corrected chi connectivity index (χ3v) is 4.75. The van der Waals surface area contributed by atoms with Gasteiger partial charge in [0.2, 0.25) is 0 Å². The highest BCUT2D eigenvalue weighted by Gasteiger charge is 2.28. The lowest BCUT2D eigenvalue weighted by atomic mass is 9.91. The minimum absolute atomic E-state index is 0.0928. The topological polar surface area (TPSA) is 35.5 Å². The fourth-order valence-electron chi connectivity index (χ4n) is 2.94. The summed E-state index contributed by atoms with van der Waals surface area (Å²) in [5.74, 6) is 0.286. The van der Waals surface area contributed by atoms with Crippen molar-refractivity contribution in [1.82, 2.24) is 0 Å². The van der Waals surface area contributed by atoms with E-state index in [-0.39, 0.29) is 17.5 Å². The molecule has 2 aliphatic rings. The van der Waals surface area contributed by atoms with E-state index < -0.39 is 0 Å². The van der Waals surface area contributed by atoms with E-state index >= 15 is 0 Å². The van der Waals surface area contributed by atoms with Gasteiger partial charge in [0.1, 0.15) is 0 Å². The van der Waals surface area contributed by atoms with Crippen molar-refractivity contribution in [3.05, 3.63) is 58.7 Å². The van der Waals surface area contributed by atoms with Crippen molar-refractivity contribution < 1.29 is 14.3 Å². The van der Waals surface area contributed by atoms with Crippen molar-refractivity contribution in [1.29, 1.82) is 0 Å². The molecule has 0 bridgehead atoms. The molecule has 0 radical (unpaired) electrons. The van der Waals surface area contributed by atoms with E-state index in [0.29, 0.717) is 19.6 Å². The summed E-state index contributed by atoms with van der Waals surface area (Å²) in [5.41, 5.74) is 4.40. The minimum atomic E-state index is -0.239. The average molecular weight is 357 g/mol. The molecule has 0 N–H and O–H groups in total. The lowest BCUT2D eigenvalue weighted by molar-refractivity contribution is -0.202. The molecule has 1 fully saturated rings. The Morgan fingerprint density at radius 1 is 1.08 bits per heavy atom. The standard InChI is InChI=1S/C23H32O3/c1-17(13-14-20-11-8-12-21(24)19(20)3)9-6-7-10-18(2)22-25-15-23(4,5)16-26-22/h6-7,9-10,13-14,22H,8,11-12,15-16H2,1-5H3/b7-6+,14-13+,17-9+,18-10+. The molecule has 0 amide bonds. The molecule has 0 unspecified atom stereocenters. The smallest absolute Gasteiger partial charge is 0.179 e. The van der Waals surface area contributed by atoms with Gasteiger partial charge in [-0.1, -0.05) is 55.9 Å². The van der Waals surface area contributed by atoms with Gasteiger partial charge < -0.3 is 9.47 Å². The first-order chi connectivity index (χ1) is 12.3. The van der Waals surface area contributed by atoms with Crippen LogP contribution in [0.25, 0.3) is 0 Å². The Kier molecular flexibility index (Phi) is 7.36. The van der Waals surface area contributed by atoms with E-state index in [1.54, 1.807) is 0 Å². The maximum atomic E-state index is 11.7. The molecule has 0 atom stereocenters. The van der Waals surface area contributed by atoms with Gasteiger partial charge in [-0.05, 0) is 50.3 Å². The molecule has 3 nitrogen and oxygen atoms in total. The Labute approximate surface area is 158 Å². The Bertz CT molecular complexity index is 662. The summed E-state index contributed by atoms with van der Waals surface area (Å²) in [6.07, 6.45) is 14.7. The number of allylic oxidation sites excluding steroid dienone is 9. The normalized spacial score (nSPS) is 23.5. The Morgan fingerprint density at radius 2 is 1.73 bits per heavy atom. The van der Waals surface area contributed by atoms with Crippen molar-refractivity contribution in [3.8, 4) is 0 Å². The van der Waals surface area contributed by atoms with E-state index in [1.165, 1.54) is 5.57 Å². The predicted octanol–water partition coefficient (Wildman–Crippen LogP) is 5.46. The summed E-state index contributed by atoms with van der Waals surface area (Å²) in [4.78, 5) is 11.7. The van der Waals surface area contributed by atoms with Gasteiger partial charge in [0.25, 0.3) is 0 Å². The van der Waals surface area contributed by atoms with Gasteiger partial charge in [-0.2, -0.15) is 0 Å². The molecule has 2 rings (SSSR count). The molecule has 26 heavy (non-hydrogen) atoms. The number of hydrogen-bond acceptors (Lipinski definition) is 3. The van der Waals surface area contributed by atoms with Crippen LogP contribution in [0.4, 0.5) is 0 Å². The third-order valence-electron chi connectivity index (χ3n) is 4.75. The Hall–Kier alpha value is -1.71. The monoisotopic (exact) mass is 356 g/mol. The zero-order valence-electron chi connectivity index (χ0n) is 16.8. The maximum absolute atomic E-state index is 11.7. The van der Waals surface area contributed by atoms with Gasteiger partial charge in [-0.25, -0.2) is 0 Å². The molecule has 0 aromatic heterocycles. The molecule has 0 saturated carbocycles. The summed E-state index contributed by atoms with van der Waals surface area (Å²) in [6.45, 7) is 11.7. The van der Waals surface area contributed by atoms with Crippen LogP contribution >= 0.6 is 0 Å². The van der Waals surface area contributed by atoms with Gasteiger partial charge >= 0.3 is 0 Å². The molecule has 1 aliphatic heterocycles. The van der Waals surface area contributed by atoms with E-state index in [9.17, 15) is 4.79 Å². The highest BCUT2D eigenvalue weighted by Crippen LogP contribution is 2.26. The van der Waals surface area contributed by atoms with Crippen LogP contribution in [-0.4, -0.2) is 25.3 Å². The summed E-state index contributed by atoms with van der Waals surface area (Å²) in [5, 5.41) is 0. The SMILES string of the molecule is CC1=C(/C=C/C(C)=C/C=C/C=C(\C)C2OCC(C)(C)CO2)CCCC1=O. The predicted molar refractivity (Wildman–Crippen MR) is 107 cm³/mol. The van der Waals surface area contributed by atoms with Crippen LogP contribution in [0.1, 0.15) is 53.9 Å². The van der Waals surface area contributed by atoms with Crippen molar-refractivity contribution in [3.63, 3.8) is 0 Å². The second-order valence-corrected chi connectivity index (χ2v) is 8.08. The molecule has 3 heteroatoms. The van der Waals surface area contributed by atoms with Crippen LogP contribution in [0.15, 0.2) is 58.7 Å². The van der Waals surface area contributed by atoms with Crippen LogP contribution in [0.3, 0.4) is 0 Å². The van der Waals surface area contributed by atoms with E-state index in [1.807, 2.05) is 32.1 Å². The second-order valence-electron chi connectivity index (χ2n) is 8.08. The molecule has 0 aromatic rings. The number of hydrogen-bond donors (Lipinski definition) is 0. The van der Waals surface area contributed by atoms with Crippen LogP contribution in [-0.2, 0) is 14.3 Å². The molecule has 0 spiro atoms. The summed E-state index contributed by atoms with van der Waals surface area (Å²) < 4.78 is 11.5. The fourth-order valence-corrected chi connectivity index (χ4v) is 2.94. The Balaban J connectivity index is 1.89. The molecule has 142 valence electrons. The molecule has 1 aliphatic carbocycles. The van der Waals surface area contributed by atoms with E-state index in [4.69, 9.17) is 9.47 Å². The molecule has 0 aromatic carbocycles. The third kappa shape index (κ3) is 6.22. The average Bonchev–Trinajstić information content (AvgIpc) is 2.59. The van der Waals surface area contributed by atoms with Gasteiger partial charge in [0.15, 0.2) is 12.1 Å². The number of ether oxygens (including phenoxy) is 2. The molecule has 1 heterocycles. The van der Waals surface area contributed by atoms with Crippen LogP contribution in [0.5, 0.6) is 0 Å². The summed E-state index contributed by atoms with van der Waals surface area (Å²) in [7, 11) is 0. The highest BCUT2D eigenvalue weighted by molar-refractivity contribution is 5.96. The van der Waals surface area contributed by atoms with Crippen molar-refractivity contribution in [2.24, 2.45) is 5.41 Å². The zero-order chi connectivity index (χ0) is 19.2. The van der Waals surface area contributed by atoms with Crippen LogP contribution in [0, 0.1) is 5.41 Å². The number of carbonyl (C=O) groups excluding carboxylic acids is 1. The van der Waals surface area contributed by atoms with Gasteiger partial charge in [0, 0.05) is 11.8 Å². The first-order valence-electron chi connectivity index (χ1n) is 9.44. The maximum Gasteiger partial charge on any atom is 0.179 e. The largest absolute Gasteiger partial charge is 0.348 e. The summed E-state index contributed by atoms with van der Waals surface area (Å²) in [6, 6.07) is 0. The molecular weight excluding hydrogens is 324 g/mol. The Morgan fingerprint density at radius 3 is 2.42 bits per heavy atom. The lowest BCUT2D eigenvalue weighted by Gasteiger charge is -2.34. The van der Waals surface area contributed by atoms with Crippen molar-refractivity contribution in [2.45, 2.75) is 60.2 Å². The number of carbonyl (C=O) groups is 1. The van der Waals surface area contributed by atoms with E-state index in [0.717, 1.165) is 29.6 Å². The quantitative estimate of drug-likeness (QED) is 0.614. The highest BCUT2D eigenvalue weighted by atomic mass is 16.7. The van der Waals surface area contributed by atoms with E-state index in [2.05, 4.69) is 39.0 Å². The lowest BCUT2D eigenvalue weighted by Crippen LogP contribution is -2.38. The van der Waals surface area contributed by atoms with Crippen molar-refractivity contribution in [2.75, 3.05) is 13.2 Å². The van der Waals surface area contributed by atoms with Crippen molar-refractivity contribution >= 4 is 5.78 Å². The second kappa shape index (κ2) is 9.29.